The second-order valence-corrected chi connectivity index (χ2v) is 22.1. The van der Waals surface area contributed by atoms with E-state index in [2.05, 4.69) is 70.5 Å². The van der Waals surface area contributed by atoms with Crippen LogP contribution in [0.5, 0.6) is 0 Å². The van der Waals surface area contributed by atoms with Gasteiger partial charge in [0.1, 0.15) is 12.0 Å². The molecule has 1 heterocycles. The van der Waals surface area contributed by atoms with Crippen LogP contribution in [0.25, 0.3) is 0 Å². The number of carbonyl (C=O) groups is 2. The summed E-state index contributed by atoms with van der Waals surface area (Å²) in [5, 5.41) is 4.36. The average molecular weight is 807 g/mol. The van der Waals surface area contributed by atoms with E-state index in [0.717, 1.165) is 25.3 Å². The van der Waals surface area contributed by atoms with Crippen LogP contribution in [-0.2, 0) is 14.3 Å². The minimum atomic E-state index is -0.860. The average Bonchev–Trinajstić information content (AvgIpc) is 3.61. The normalized spacial score (nSPS) is 40.3. The van der Waals surface area contributed by atoms with Crippen LogP contribution >= 0.6 is 0 Å². The minimum Gasteiger partial charge on any atom is -0.465 e. The highest BCUT2D eigenvalue weighted by Crippen LogP contribution is 2.76. The van der Waals surface area contributed by atoms with Crippen LogP contribution in [0.15, 0.2) is 65.8 Å². The number of nitrogens with one attached hydrogen (secondary N) is 1. The van der Waals surface area contributed by atoms with Gasteiger partial charge in [0.2, 0.25) is 0 Å². The van der Waals surface area contributed by atoms with E-state index in [9.17, 15) is 9.59 Å². The summed E-state index contributed by atoms with van der Waals surface area (Å²) in [6.45, 7) is 27.4. The molecule has 6 aliphatic carbocycles. The van der Waals surface area contributed by atoms with Crippen LogP contribution in [0, 0.1) is 56.7 Å². The number of rotatable bonds is 11. The van der Waals surface area contributed by atoms with Crippen LogP contribution in [0.1, 0.15) is 155 Å². The Labute approximate surface area is 357 Å². The van der Waals surface area contributed by atoms with E-state index in [1.54, 1.807) is 12.1 Å². The summed E-state index contributed by atoms with van der Waals surface area (Å²) >= 11 is 0. The molecule has 0 amide bonds. The molecule has 1 saturated heterocycles. The topological polar surface area (TPSA) is 67.9 Å². The molecule has 5 fully saturated rings. The summed E-state index contributed by atoms with van der Waals surface area (Å²) in [6.07, 6.45) is 22.7. The Morgan fingerprint density at radius 3 is 2.29 bits per heavy atom. The fraction of sp³-hybridized carbons (Fsp3) is 0.736. The highest BCUT2D eigenvalue weighted by molar-refractivity contribution is 5.89. The molecule has 1 N–H and O–H groups in total. The Kier molecular flexibility index (Phi) is 11.8. The molecular formula is C53H78N2O4. The van der Waals surface area contributed by atoms with Gasteiger partial charge in [0.15, 0.2) is 0 Å². The van der Waals surface area contributed by atoms with Crippen LogP contribution in [0.2, 0.25) is 0 Å². The fourth-order valence-corrected chi connectivity index (χ4v) is 15.9. The number of allylic oxidation sites excluding steroid dienone is 5. The van der Waals surface area contributed by atoms with Crippen molar-refractivity contribution in [1.29, 1.82) is 0 Å². The van der Waals surface area contributed by atoms with Crippen molar-refractivity contribution in [3.63, 3.8) is 0 Å². The number of ether oxygens (including phenoxy) is 2. The highest BCUT2D eigenvalue weighted by Gasteiger charge is 2.70. The lowest BCUT2D eigenvalue weighted by Crippen LogP contribution is -2.68. The van der Waals surface area contributed by atoms with Crippen molar-refractivity contribution in [2.75, 3.05) is 39.4 Å². The van der Waals surface area contributed by atoms with Gasteiger partial charge in [-0.1, -0.05) is 83.5 Å². The quantitative estimate of drug-likeness (QED) is 0.177. The monoisotopic (exact) mass is 807 g/mol. The van der Waals surface area contributed by atoms with E-state index in [-0.39, 0.29) is 28.9 Å². The van der Waals surface area contributed by atoms with Crippen molar-refractivity contribution in [3.05, 3.63) is 71.3 Å². The SMILES string of the molecule is C=C(C)[C@@H]1CC[C@]2(NCCN3CCCCC3)CC[C@]3(C)[C@H](CC[C@@H]4[C@@]5(C)CC=C(C6=CC[C@](COC(=O)c7ccccc7)(C(=O)OCC)CC6)C(C)(C)[C@@H]5CC[C@]43C)[C@@H]12. The van der Waals surface area contributed by atoms with Crippen molar-refractivity contribution in [2.24, 2.45) is 56.7 Å². The number of hydrogen-bond donors (Lipinski definition) is 1. The first-order chi connectivity index (χ1) is 28.1. The molecular weight excluding hydrogens is 729 g/mol. The van der Waals surface area contributed by atoms with Crippen LogP contribution in [0.3, 0.4) is 0 Å². The third-order valence-corrected chi connectivity index (χ3v) is 19.2. The Morgan fingerprint density at radius 1 is 0.831 bits per heavy atom. The summed E-state index contributed by atoms with van der Waals surface area (Å²) < 4.78 is 11.5. The third kappa shape index (κ3) is 7.14. The smallest absolute Gasteiger partial charge is 0.338 e. The molecule has 0 spiro atoms. The Balaban J connectivity index is 1.01. The lowest BCUT2D eigenvalue weighted by molar-refractivity contribution is -0.221. The Bertz CT molecular complexity index is 1810. The van der Waals surface area contributed by atoms with Crippen molar-refractivity contribution in [3.8, 4) is 0 Å². The summed E-state index contributed by atoms with van der Waals surface area (Å²) in [5.41, 5.74) is 5.13. The number of benzene rings is 1. The zero-order chi connectivity index (χ0) is 41.8. The molecule has 0 radical (unpaired) electrons. The van der Waals surface area contributed by atoms with Gasteiger partial charge >= 0.3 is 11.9 Å². The molecule has 1 aliphatic heterocycles. The number of nitrogens with zero attached hydrogens (tertiary/aromatic N) is 1. The van der Waals surface area contributed by atoms with Crippen molar-refractivity contribution in [1.82, 2.24) is 10.2 Å². The first kappa shape index (κ1) is 43.0. The number of fused-ring (bicyclic) bond motifs is 7. The lowest BCUT2D eigenvalue weighted by Gasteiger charge is -2.72. The van der Waals surface area contributed by atoms with Crippen molar-refractivity contribution in [2.45, 2.75) is 150 Å². The van der Waals surface area contributed by atoms with Gasteiger partial charge in [-0.25, -0.2) is 4.79 Å². The summed E-state index contributed by atoms with van der Waals surface area (Å²) in [5.74, 6) is 2.73. The maximum absolute atomic E-state index is 13.6. The molecule has 8 rings (SSSR count). The van der Waals surface area contributed by atoms with Gasteiger partial charge in [-0.15, -0.1) is 0 Å². The summed E-state index contributed by atoms with van der Waals surface area (Å²) in [6, 6.07) is 9.07. The second-order valence-electron chi connectivity index (χ2n) is 22.1. The van der Waals surface area contributed by atoms with E-state index in [0.29, 0.717) is 59.5 Å². The van der Waals surface area contributed by atoms with E-state index in [1.807, 2.05) is 25.1 Å². The predicted octanol–water partition coefficient (Wildman–Crippen LogP) is 11.5. The molecule has 6 nitrogen and oxygen atoms in total. The Hall–Kier alpha value is -2.70. The fourth-order valence-electron chi connectivity index (χ4n) is 15.9. The number of carbonyl (C=O) groups excluding carboxylic acids is 2. The molecule has 1 aromatic carbocycles. The maximum atomic E-state index is 13.6. The molecule has 0 bridgehead atoms. The molecule has 324 valence electrons. The molecule has 59 heavy (non-hydrogen) atoms. The molecule has 0 unspecified atom stereocenters. The second kappa shape index (κ2) is 16.2. The van der Waals surface area contributed by atoms with Gasteiger partial charge in [-0.2, -0.15) is 0 Å². The summed E-state index contributed by atoms with van der Waals surface area (Å²) in [4.78, 5) is 29.3. The largest absolute Gasteiger partial charge is 0.465 e. The van der Waals surface area contributed by atoms with Crippen molar-refractivity contribution < 1.29 is 19.1 Å². The number of piperidine rings is 1. The first-order valence-corrected chi connectivity index (χ1v) is 24.1. The van der Waals surface area contributed by atoms with Gasteiger partial charge < -0.3 is 19.7 Å². The Morgan fingerprint density at radius 2 is 1.59 bits per heavy atom. The van der Waals surface area contributed by atoms with Crippen LogP contribution in [0.4, 0.5) is 0 Å². The van der Waals surface area contributed by atoms with E-state index in [4.69, 9.17) is 9.47 Å². The zero-order valence-electron chi connectivity index (χ0n) is 38.1. The highest BCUT2D eigenvalue weighted by atomic mass is 16.6. The number of likely N-dealkylation sites (tertiary alicyclic amines) is 1. The van der Waals surface area contributed by atoms with Gasteiger partial charge in [0, 0.05) is 18.6 Å². The van der Waals surface area contributed by atoms with Gasteiger partial charge in [-0.3, -0.25) is 4.79 Å². The number of esters is 2. The van der Waals surface area contributed by atoms with E-state index < -0.39 is 11.4 Å². The minimum absolute atomic E-state index is 0.0259. The van der Waals surface area contributed by atoms with Crippen LogP contribution < -0.4 is 5.32 Å². The van der Waals surface area contributed by atoms with Gasteiger partial charge in [-0.05, 0) is 191 Å². The van der Waals surface area contributed by atoms with Crippen molar-refractivity contribution >= 4 is 11.9 Å². The van der Waals surface area contributed by atoms with Gasteiger partial charge in [0.25, 0.3) is 0 Å². The van der Waals surface area contributed by atoms with Crippen LogP contribution in [-0.4, -0.2) is 61.8 Å². The van der Waals surface area contributed by atoms with E-state index >= 15 is 0 Å². The molecule has 7 aliphatic rings. The zero-order valence-corrected chi connectivity index (χ0v) is 38.1. The molecule has 0 aromatic heterocycles. The molecule has 4 saturated carbocycles. The predicted molar refractivity (Wildman–Crippen MR) is 239 cm³/mol. The standard InChI is InChI=1S/C53H78N2O4/c1-9-58-47(57)52(36-59-46(56)39-16-12-10-13-17-39)27-20-38(21-28-52)41-23-25-49(6)43(48(41,4)5)24-26-51(8)44(49)19-18-42-45-40(37(2)3)22-29-53(45,31-30-50(42,51)7)54-32-35-55-33-14-11-15-34-55/h10,12-13,16-17,20,23,40,42-45,54H,2,9,11,14-15,18-19,21-22,24-36H2,1,3-8H3/t40-,42+,43-,44+,45+,49-,50+,51+,52-,53-/m0/s1. The maximum Gasteiger partial charge on any atom is 0.338 e. The van der Waals surface area contributed by atoms with E-state index in [1.165, 1.54) is 107 Å². The molecule has 10 atom stereocenters. The molecule has 1 aromatic rings. The lowest BCUT2D eigenvalue weighted by atomic mass is 9.33. The molecule has 6 heteroatoms. The third-order valence-electron chi connectivity index (χ3n) is 19.2. The first-order valence-electron chi connectivity index (χ1n) is 24.1. The summed E-state index contributed by atoms with van der Waals surface area (Å²) in [7, 11) is 0. The van der Waals surface area contributed by atoms with Gasteiger partial charge in [0.05, 0.1) is 12.2 Å². The number of hydrogen-bond acceptors (Lipinski definition) is 6.